The fourth-order valence-corrected chi connectivity index (χ4v) is 2.85. The summed E-state index contributed by atoms with van der Waals surface area (Å²) in [7, 11) is 0. The maximum absolute atomic E-state index is 12.5. The highest BCUT2D eigenvalue weighted by atomic mass is 16.2. The van der Waals surface area contributed by atoms with E-state index in [9.17, 15) is 14.4 Å². The number of nitrogens with zero attached hydrogens (tertiary/aromatic N) is 2. The van der Waals surface area contributed by atoms with Gasteiger partial charge in [0.2, 0.25) is 0 Å². The van der Waals surface area contributed by atoms with Crippen molar-refractivity contribution in [2.45, 2.75) is 13.3 Å². The van der Waals surface area contributed by atoms with Gasteiger partial charge < -0.3 is 0 Å². The zero-order valence-electron chi connectivity index (χ0n) is 14.2. The van der Waals surface area contributed by atoms with Crippen molar-refractivity contribution in [3.8, 4) is 6.07 Å². The molecule has 0 radical (unpaired) electrons. The number of hydrogen-bond acceptors (Lipinski definition) is 4. The standard InChI is InChI=1S/C21H16N2O3/c1-2-19(24)16(11-14-7-9-15(12-22)10-8-14)13-23-20(25)17-5-3-4-6-18(17)21(23)26/h3-11H,2,13H2,1H3/b16-11+. The molecule has 0 saturated heterocycles. The molecule has 2 aromatic rings. The lowest BCUT2D eigenvalue weighted by Gasteiger charge is -2.15. The van der Waals surface area contributed by atoms with Gasteiger partial charge in [0.1, 0.15) is 0 Å². The molecule has 0 atom stereocenters. The molecule has 0 unspecified atom stereocenters. The molecular formula is C21H16N2O3. The molecule has 0 fully saturated rings. The van der Waals surface area contributed by atoms with Gasteiger partial charge in [-0.3, -0.25) is 19.3 Å². The lowest BCUT2D eigenvalue weighted by atomic mass is 10.0. The van der Waals surface area contributed by atoms with Crippen LogP contribution in [0.3, 0.4) is 0 Å². The molecule has 1 heterocycles. The molecular weight excluding hydrogens is 328 g/mol. The number of amides is 2. The molecule has 0 spiro atoms. The van der Waals surface area contributed by atoms with Crippen LogP contribution in [0.2, 0.25) is 0 Å². The number of rotatable bonds is 5. The fourth-order valence-electron chi connectivity index (χ4n) is 2.85. The van der Waals surface area contributed by atoms with E-state index in [1.165, 1.54) is 0 Å². The van der Waals surface area contributed by atoms with Gasteiger partial charge in [0.15, 0.2) is 5.78 Å². The Morgan fingerprint density at radius 2 is 1.62 bits per heavy atom. The zero-order valence-corrected chi connectivity index (χ0v) is 14.2. The van der Waals surface area contributed by atoms with E-state index in [2.05, 4.69) is 0 Å². The van der Waals surface area contributed by atoms with Gasteiger partial charge in [-0.2, -0.15) is 5.26 Å². The lowest BCUT2D eigenvalue weighted by Crippen LogP contribution is -2.33. The van der Waals surface area contributed by atoms with Crippen LogP contribution < -0.4 is 0 Å². The Kier molecular flexibility index (Phi) is 4.76. The third-order valence-electron chi connectivity index (χ3n) is 4.27. The van der Waals surface area contributed by atoms with Crippen LogP contribution in [0.5, 0.6) is 0 Å². The molecule has 128 valence electrons. The van der Waals surface area contributed by atoms with E-state index in [4.69, 9.17) is 5.26 Å². The summed E-state index contributed by atoms with van der Waals surface area (Å²) in [4.78, 5) is 38.5. The highest BCUT2D eigenvalue weighted by Gasteiger charge is 2.35. The van der Waals surface area contributed by atoms with Crippen molar-refractivity contribution in [1.82, 2.24) is 4.90 Å². The molecule has 0 N–H and O–H groups in total. The summed E-state index contributed by atoms with van der Waals surface area (Å²) in [6, 6.07) is 15.4. The first-order chi connectivity index (χ1) is 12.5. The van der Waals surface area contributed by atoms with Crippen molar-refractivity contribution in [3.63, 3.8) is 0 Å². The van der Waals surface area contributed by atoms with Crippen LogP contribution in [0.1, 0.15) is 45.2 Å². The Labute approximate surface area is 151 Å². The predicted octanol–water partition coefficient (Wildman–Crippen LogP) is 3.22. The third kappa shape index (κ3) is 3.17. The number of carbonyl (C=O) groups is 3. The summed E-state index contributed by atoms with van der Waals surface area (Å²) in [6.45, 7) is 1.66. The van der Waals surface area contributed by atoms with Gasteiger partial charge in [-0.05, 0) is 35.9 Å². The minimum absolute atomic E-state index is 0.0704. The molecule has 0 aromatic heterocycles. The van der Waals surface area contributed by atoms with Gasteiger partial charge >= 0.3 is 0 Å². The number of hydrogen-bond donors (Lipinski definition) is 0. The van der Waals surface area contributed by atoms with E-state index in [1.807, 2.05) is 6.07 Å². The van der Waals surface area contributed by atoms with Crippen molar-refractivity contribution < 1.29 is 14.4 Å². The second-order valence-corrected chi connectivity index (χ2v) is 5.92. The second kappa shape index (κ2) is 7.16. The lowest BCUT2D eigenvalue weighted by molar-refractivity contribution is -0.115. The predicted molar refractivity (Wildman–Crippen MR) is 96.2 cm³/mol. The quantitative estimate of drug-likeness (QED) is 0.616. The summed E-state index contributed by atoms with van der Waals surface area (Å²) in [6.07, 6.45) is 1.93. The van der Waals surface area contributed by atoms with Crippen LogP contribution in [0, 0.1) is 11.3 Å². The Morgan fingerprint density at radius 1 is 1.04 bits per heavy atom. The largest absolute Gasteiger partial charge is 0.294 e. The minimum Gasteiger partial charge on any atom is -0.294 e. The molecule has 5 nitrogen and oxygen atoms in total. The first kappa shape index (κ1) is 17.3. The van der Waals surface area contributed by atoms with E-state index in [1.54, 1.807) is 61.5 Å². The van der Waals surface area contributed by atoms with Crippen LogP contribution in [-0.4, -0.2) is 29.0 Å². The highest BCUT2D eigenvalue weighted by Crippen LogP contribution is 2.24. The maximum Gasteiger partial charge on any atom is 0.261 e. The van der Waals surface area contributed by atoms with Crippen LogP contribution in [-0.2, 0) is 4.79 Å². The van der Waals surface area contributed by atoms with Gasteiger partial charge in [0.25, 0.3) is 11.8 Å². The molecule has 0 aliphatic carbocycles. The molecule has 1 aliphatic heterocycles. The van der Waals surface area contributed by atoms with Gasteiger partial charge in [0, 0.05) is 12.0 Å². The minimum atomic E-state index is -0.389. The average molecular weight is 344 g/mol. The Bertz CT molecular complexity index is 930. The monoisotopic (exact) mass is 344 g/mol. The van der Waals surface area contributed by atoms with E-state index in [-0.39, 0.29) is 30.6 Å². The van der Waals surface area contributed by atoms with Crippen molar-refractivity contribution in [2.24, 2.45) is 0 Å². The number of Topliss-reactive ketones (excluding diaryl/α,β-unsaturated/α-hetero) is 1. The number of nitriles is 1. The average Bonchev–Trinajstić information content (AvgIpc) is 2.92. The van der Waals surface area contributed by atoms with Crippen molar-refractivity contribution in [2.75, 3.05) is 6.54 Å². The molecule has 0 saturated carbocycles. The van der Waals surface area contributed by atoms with E-state index in [0.717, 1.165) is 10.5 Å². The summed E-state index contributed by atoms with van der Waals surface area (Å²) in [5.41, 5.74) is 2.35. The number of ketones is 1. The molecule has 1 aliphatic rings. The summed E-state index contributed by atoms with van der Waals surface area (Å²) < 4.78 is 0. The Hall–Kier alpha value is -3.52. The first-order valence-electron chi connectivity index (χ1n) is 8.24. The Balaban J connectivity index is 1.92. The van der Waals surface area contributed by atoms with Crippen LogP contribution in [0.25, 0.3) is 6.08 Å². The number of imide groups is 1. The number of benzene rings is 2. The zero-order chi connectivity index (χ0) is 18.7. The fraction of sp³-hybridized carbons (Fsp3) is 0.143. The molecule has 5 heteroatoms. The summed E-state index contributed by atoms with van der Waals surface area (Å²) in [5.74, 6) is -0.911. The molecule has 3 rings (SSSR count). The maximum atomic E-state index is 12.5. The highest BCUT2D eigenvalue weighted by molar-refractivity contribution is 6.22. The Morgan fingerprint density at radius 3 is 2.12 bits per heavy atom. The first-order valence-corrected chi connectivity index (χ1v) is 8.24. The van der Waals surface area contributed by atoms with E-state index in [0.29, 0.717) is 22.3 Å². The van der Waals surface area contributed by atoms with E-state index < -0.39 is 0 Å². The second-order valence-electron chi connectivity index (χ2n) is 5.92. The number of carbonyl (C=O) groups excluding carboxylic acids is 3. The van der Waals surface area contributed by atoms with Crippen LogP contribution in [0.4, 0.5) is 0 Å². The van der Waals surface area contributed by atoms with Crippen LogP contribution >= 0.6 is 0 Å². The summed E-state index contributed by atoms with van der Waals surface area (Å²) in [5, 5.41) is 8.87. The normalized spacial score (nSPS) is 13.5. The van der Waals surface area contributed by atoms with Crippen molar-refractivity contribution >= 4 is 23.7 Å². The SMILES string of the molecule is CCC(=O)/C(=C/c1ccc(C#N)cc1)CN1C(=O)c2ccccc2C1=O. The van der Waals surface area contributed by atoms with E-state index >= 15 is 0 Å². The molecule has 26 heavy (non-hydrogen) atoms. The van der Waals surface area contributed by atoms with Crippen LogP contribution in [0.15, 0.2) is 54.1 Å². The molecule has 0 bridgehead atoms. The third-order valence-corrected chi connectivity index (χ3v) is 4.27. The smallest absolute Gasteiger partial charge is 0.261 e. The van der Waals surface area contributed by atoms with Gasteiger partial charge in [-0.1, -0.05) is 31.2 Å². The van der Waals surface area contributed by atoms with Crippen molar-refractivity contribution in [3.05, 3.63) is 76.4 Å². The molecule has 2 amide bonds. The molecule has 2 aromatic carbocycles. The topological polar surface area (TPSA) is 78.2 Å². The van der Waals surface area contributed by atoms with Crippen molar-refractivity contribution in [1.29, 1.82) is 5.26 Å². The van der Waals surface area contributed by atoms with Gasteiger partial charge in [-0.25, -0.2) is 0 Å². The van der Waals surface area contributed by atoms with Gasteiger partial charge in [-0.15, -0.1) is 0 Å². The number of fused-ring (bicyclic) bond motifs is 1. The summed E-state index contributed by atoms with van der Waals surface area (Å²) >= 11 is 0. The van der Waals surface area contributed by atoms with Gasteiger partial charge in [0.05, 0.1) is 29.3 Å².